The van der Waals surface area contributed by atoms with Gasteiger partial charge in [-0.25, -0.2) is 4.79 Å². The first-order chi connectivity index (χ1) is 9.07. The molecule has 0 bridgehead atoms. The summed E-state index contributed by atoms with van der Waals surface area (Å²) < 4.78 is 5.22. The number of amides is 1. The molecule has 1 amide bonds. The van der Waals surface area contributed by atoms with Gasteiger partial charge in [0.05, 0.1) is 0 Å². The summed E-state index contributed by atoms with van der Waals surface area (Å²) in [7, 11) is 0. The standard InChI is InChI=1S/C16H23NO3/c1-11-7-8-12(2)13(9-11)16(6,10-18)17-14(19)20-15(3,4)5/h7-10H,1-6H3,(H,17,19). The van der Waals surface area contributed by atoms with Crippen LogP contribution >= 0.6 is 0 Å². The van der Waals surface area contributed by atoms with E-state index < -0.39 is 17.2 Å². The molecule has 1 rings (SSSR count). The van der Waals surface area contributed by atoms with Crippen molar-refractivity contribution >= 4 is 12.4 Å². The maximum absolute atomic E-state index is 11.9. The molecule has 0 saturated heterocycles. The fraction of sp³-hybridized carbons (Fsp3) is 0.500. The highest BCUT2D eigenvalue weighted by atomic mass is 16.6. The van der Waals surface area contributed by atoms with Crippen molar-refractivity contribution in [1.29, 1.82) is 0 Å². The Morgan fingerprint density at radius 2 is 1.80 bits per heavy atom. The molecule has 110 valence electrons. The van der Waals surface area contributed by atoms with Gasteiger partial charge >= 0.3 is 6.09 Å². The molecule has 0 radical (unpaired) electrons. The number of rotatable bonds is 3. The van der Waals surface area contributed by atoms with Crippen LogP contribution in [0.15, 0.2) is 18.2 Å². The van der Waals surface area contributed by atoms with Gasteiger partial charge in [-0.15, -0.1) is 0 Å². The van der Waals surface area contributed by atoms with Crippen LogP contribution in [0.5, 0.6) is 0 Å². The Labute approximate surface area is 120 Å². The van der Waals surface area contributed by atoms with Crippen LogP contribution in [0.4, 0.5) is 4.79 Å². The fourth-order valence-corrected chi connectivity index (χ4v) is 1.97. The Morgan fingerprint density at radius 1 is 1.20 bits per heavy atom. The van der Waals surface area contributed by atoms with Gasteiger partial charge in [-0.1, -0.05) is 23.8 Å². The van der Waals surface area contributed by atoms with Crippen LogP contribution in [-0.4, -0.2) is 18.0 Å². The lowest BCUT2D eigenvalue weighted by molar-refractivity contribution is -0.113. The molecule has 0 saturated carbocycles. The van der Waals surface area contributed by atoms with E-state index in [2.05, 4.69) is 5.32 Å². The monoisotopic (exact) mass is 277 g/mol. The molecule has 1 N–H and O–H groups in total. The number of carbonyl (C=O) groups excluding carboxylic acids is 2. The quantitative estimate of drug-likeness (QED) is 0.863. The Hall–Kier alpha value is -1.84. The van der Waals surface area contributed by atoms with Crippen molar-refractivity contribution in [2.24, 2.45) is 0 Å². The molecule has 0 aliphatic rings. The number of ether oxygens (including phenoxy) is 1. The first-order valence-corrected chi connectivity index (χ1v) is 6.62. The molecule has 1 unspecified atom stereocenters. The molecule has 0 aliphatic carbocycles. The van der Waals surface area contributed by atoms with Gasteiger partial charge in [-0.05, 0) is 52.7 Å². The normalized spacial score (nSPS) is 14.3. The van der Waals surface area contributed by atoms with Crippen LogP contribution in [0.3, 0.4) is 0 Å². The van der Waals surface area contributed by atoms with Crippen molar-refractivity contribution in [3.05, 3.63) is 34.9 Å². The van der Waals surface area contributed by atoms with Gasteiger partial charge in [0, 0.05) is 0 Å². The molecule has 4 heteroatoms. The van der Waals surface area contributed by atoms with Crippen molar-refractivity contribution < 1.29 is 14.3 Å². The second-order valence-electron chi connectivity index (χ2n) is 6.27. The van der Waals surface area contributed by atoms with Crippen LogP contribution in [0.2, 0.25) is 0 Å². The van der Waals surface area contributed by atoms with E-state index in [0.29, 0.717) is 0 Å². The molecule has 4 nitrogen and oxygen atoms in total. The highest BCUT2D eigenvalue weighted by molar-refractivity contribution is 5.78. The molecule has 0 aromatic heterocycles. The number of benzene rings is 1. The summed E-state index contributed by atoms with van der Waals surface area (Å²) in [4.78, 5) is 23.4. The number of alkyl carbamates (subject to hydrolysis) is 1. The first-order valence-electron chi connectivity index (χ1n) is 6.62. The van der Waals surface area contributed by atoms with Crippen LogP contribution in [0, 0.1) is 13.8 Å². The summed E-state index contributed by atoms with van der Waals surface area (Å²) in [6.07, 6.45) is 0.131. The van der Waals surface area contributed by atoms with Crippen LogP contribution < -0.4 is 5.32 Å². The summed E-state index contributed by atoms with van der Waals surface area (Å²) >= 11 is 0. The Bertz CT molecular complexity index is 517. The zero-order valence-electron chi connectivity index (χ0n) is 13.0. The zero-order valence-corrected chi connectivity index (χ0v) is 13.0. The SMILES string of the molecule is Cc1ccc(C)c(C(C)(C=O)NC(=O)OC(C)(C)C)c1. The Morgan fingerprint density at radius 3 is 2.30 bits per heavy atom. The molecule has 1 atom stereocenters. The van der Waals surface area contributed by atoms with E-state index in [0.717, 1.165) is 23.0 Å². The number of aldehydes is 1. The van der Waals surface area contributed by atoms with E-state index in [4.69, 9.17) is 4.74 Å². The Kier molecular flexibility index (Phi) is 4.58. The molecule has 0 heterocycles. The number of nitrogens with one attached hydrogen (secondary N) is 1. The van der Waals surface area contributed by atoms with E-state index in [1.165, 1.54) is 0 Å². The van der Waals surface area contributed by atoms with Gasteiger partial charge < -0.3 is 14.8 Å². The maximum atomic E-state index is 11.9. The van der Waals surface area contributed by atoms with Gasteiger partial charge in [-0.2, -0.15) is 0 Å². The number of carbonyl (C=O) groups is 2. The third-order valence-electron chi connectivity index (χ3n) is 2.95. The van der Waals surface area contributed by atoms with Crippen molar-refractivity contribution in [1.82, 2.24) is 5.32 Å². The lowest BCUT2D eigenvalue weighted by atomic mass is 9.89. The van der Waals surface area contributed by atoms with Gasteiger partial charge in [0.1, 0.15) is 17.4 Å². The average molecular weight is 277 g/mol. The second kappa shape index (κ2) is 5.65. The molecular weight excluding hydrogens is 254 g/mol. The van der Waals surface area contributed by atoms with E-state index in [1.54, 1.807) is 27.7 Å². The minimum atomic E-state index is -1.10. The number of hydrogen-bond acceptors (Lipinski definition) is 3. The lowest BCUT2D eigenvalue weighted by Gasteiger charge is -2.29. The highest BCUT2D eigenvalue weighted by Gasteiger charge is 2.31. The van der Waals surface area contributed by atoms with Gasteiger partial charge in [0.2, 0.25) is 0 Å². The zero-order chi connectivity index (χ0) is 15.6. The van der Waals surface area contributed by atoms with Crippen LogP contribution in [0.25, 0.3) is 0 Å². The third kappa shape index (κ3) is 4.08. The molecule has 1 aromatic rings. The third-order valence-corrected chi connectivity index (χ3v) is 2.95. The molecule has 1 aromatic carbocycles. The number of aryl methyl sites for hydroxylation is 2. The summed E-state index contributed by atoms with van der Waals surface area (Å²) in [5.41, 5.74) is 1.05. The molecule has 0 spiro atoms. The smallest absolute Gasteiger partial charge is 0.408 e. The first kappa shape index (κ1) is 16.2. The van der Waals surface area contributed by atoms with Crippen LogP contribution in [-0.2, 0) is 15.1 Å². The van der Waals surface area contributed by atoms with Crippen molar-refractivity contribution in [2.45, 2.75) is 52.7 Å². The second-order valence-corrected chi connectivity index (χ2v) is 6.27. The summed E-state index contributed by atoms with van der Waals surface area (Å²) in [5.74, 6) is 0. The Balaban J connectivity index is 3.06. The van der Waals surface area contributed by atoms with E-state index in [9.17, 15) is 9.59 Å². The summed E-state index contributed by atoms with van der Waals surface area (Å²) in [6, 6.07) is 5.81. The molecule has 20 heavy (non-hydrogen) atoms. The number of hydrogen-bond donors (Lipinski definition) is 1. The van der Waals surface area contributed by atoms with Gasteiger partial charge in [-0.3, -0.25) is 0 Å². The minimum Gasteiger partial charge on any atom is -0.444 e. The van der Waals surface area contributed by atoms with Gasteiger partial charge in [0.15, 0.2) is 0 Å². The topological polar surface area (TPSA) is 55.4 Å². The molecular formula is C16H23NO3. The average Bonchev–Trinajstić information content (AvgIpc) is 2.29. The van der Waals surface area contributed by atoms with Crippen molar-refractivity contribution in [2.75, 3.05) is 0 Å². The molecule has 0 aliphatic heterocycles. The largest absolute Gasteiger partial charge is 0.444 e. The van der Waals surface area contributed by atoms with Gasteiger partial charge in [0.25, 0.3) is 0 Å². The predicted molar refractivity (Wildman–Crippen MR) is 78.7 cm³/mol. The lowest BCUT2D eigenvalue weighted by Crippen LogP contribution is -2.47. The molecule has 0 fully saturated rings. The van der Waals surface area contributed by atoms with E-state index in [1.807, 2.05) is 32.0 Å². The van der Waals surface area contributed by atoms with Crippen molar-refractivity contribution in [3.63, 3.8) is 0 Å². The minimum absolute atomic E-state index is 0.602. The van der Waals surface area contributed by atoms with Crippen molar-refractivity contribution in [3.8, 4) is 0 Å². The summed E-state index contributed by atoms with van der Waals surface area (Å²) in [6.45, 7) is 10.9. The van der Waals surface area contributed by atoms with Crippen LogP contribution in [0.1, 0.15) is 44.4 Å². The maximum Gasteiger partial charge on any atom is 0.408 e. The van der Waals surface area contributed by atoms with E-state index in [-0.39, 0.29) is 0 Å². The van der Waals surface area contributed by atoms with E-state index >= 15 is 0 Å². The summed E-state index contributed by atoms with van der Waals surface area (Å²) in [5, 5.41) is 2.65. The fourth-order valence-electron chi connectivity index (χ4n) is 1.97. The highest BCUT2D eigenvalue weighted by Crippen LogP contribution is 2.24. The predicted octanol–water partition coefficient (Wildman–Crippen LogP) is 3.24.